The van der Waals surface area contributed by atoms with Crippen LogP contribution in [0.2, 0.25) is 0 Å². The Morgan fingerprint density at radius 1 is 1.04 bits per heavy atom. The lowest BCUT2D eigenvalue weighted by Crippen LogP contribution is -2.35. The number of carbonyl (C=O) groups is 2. The Morgan fingerprint density at radius 3 is 2.36 bits per heavy atom. The van der Waals surface area contributed by atoms with Gasteiger partial charge in [0, 0.05) is 17.7 Å². The average Bonchev–Trinajstić information content (AvgIpc) is 2.65. The SMILES string of the molecule is COc1ccc(C(=O)NCC(=O)NN=C(C)Cc2ccccc2)cc1. The lowest BCUT2D eigenvalue weighted by Gasteiger charge is -2.06. The topological polar surface area (TPSA) is 79.8 Å². The maximum Gasteiger partial charge on any atom is 0.259 e. The quantitative estimate of drug-likeness (QED) is 0.599. The summed E-state index contributed by atoms with van der Waals surface area (Å²) < 4.78 is 5.03. The molecule has 2 aromatic carbocycles. The van der Waals surface area contributed by atoms with Gasteiger partial charge in [-0.15, -0.1) is 0 Å². The largest absolute Gasteiger partial charge is 0.497 e. The van der Waals surface area contributed by atoms with Crippen LogP contribution >= 0.6 is 0 Å². The van der Waals surface area contributed by atoms with E-state index in [1.807, 2.05) is 37.3 Å². The summed E-state index contributed by atoms with van der Waals surface area (Å²) in [5.74, 6) is -0.0467. The molecule has 6 heteroatoms. The van der Waals surface area contributed by atoms with Gasteiger partial charge in [-0.25, -0.2) is 5.43 Å². The molecule has 130 valence electrons. The van der Waals surface area contributed by atoms with Gasteiger partial charge in [0.15, 0.2) is 0 Å². The summed E-state index contributed by atoms with van der Waals surface area (Å²) in [5, 5.41) is 6.59. The van der Waals surface area contributed by atoms with Gasteiger partial charge in [0.05, 0.1) is 13.7 Å². The highest BCUT2D eigenvalue weighted by Crippen LogP contribution is 2.10. The Labute approximate surface area is 146 Å². The van der Waals surface area contributed by atoms with Gasteiger partial charge in [0.25, 0.3) is 11.8 Å². The fourth-order valence-corrected chi connectivity index (χ4v) is 2.13. The summed E-state index contributed by atoms with van der Waals surface area (Å²) in [5.41, 5.74) is 4.79. The van der Waals surface area contributed by atoms with E-state index in [1.54, 1.807) is 31.4 Å². The van der Waals surface area contributed by atoms with Crippen molar-refractivity contribution in [3.05, 3.63) is 65.7 Å². The third-order valence-electron chi connectivity index (χ3n) is 3.44. The predicted molar refractivity (Wildman–Crippen MR) is 96.7 cm³/mol. The van der Waals surface area contributed by atoms with E-state index in [1.165, 1.54) is 0 Å². The molecule has 2 aromatic rings. The number of benzene rings is 2. The van der Waals surface area contributed by atoms with Gasteiger partial charge in [0.1, 0.15) is 5.75 Å². The molecular formula is C19H21N3O3. The van der Waals surface area contributed by atoms with Crippen LogP contribution in [0.1, 0.15) is 22.8 Å². The maximum absolute atomic E-state index is 12.0. The third kappa shape index (κ3) is 6.10. The van der Waals surface area contributed by atoms with Gasteiger partial charge in [-0.05, 0) is 36.8 Å². The molecule has 0 atom stereocenters. The summed E-state index contributed by atoms with van der Waals surface area (Å²) in [6, 6.07) is 16.5. The second kappa shape index (κ2) is 9.22. The second-order valence-corrected chi connectivity index (χ2v) is 5.46. The van der Waals surface area contributed by atoms with Gasteiger partial charge in [0.2, 0.25) is 0 Å². The number of rotatable bonds is 7. The number of hydrazone groups is 1. The molecule has 0 fully saturated rings. The number of methoxy groups -OCH3 is 1. The Bertz CT molecular complexity index is 740. The van der Waals surface area contributed by atoms with Crippen molar-refractivity contribution in [3.8, 4) is 5.75 Å². The highest BCUT2D eigenvalue weighted by atomic mass is 16.5. The molecule has 0 saturated heterocycles. The third-order valence-corrected chi connectivity index (χ3v) is 3.44. The molecule has 0 radical (unpaired) electrons. The molecule has 2 amide bonds. The summed E-state index contributed by atoms with van der Waals surface area (Å²) >= 11 is 0. The van der Waals surface area contributed by atoms with E-state index >= 15 is 0 Å². The molecule has 0 unspecified atom stereocenters. The van der Waals surface area contributed by atoms with Crippen LogP contribution in [0.4, 0.5) is 0 Å². The molecule has 2 N–H and O–H groups in total. The van der Waals surface area contributed by atoms with Crippen molar-refractivity contribution < 1.29 is 14.3 Å². The molecule has 0 aliphatic heterocycles. The maximum atomic E-state index is 12.0. The first kappa shape index (κ1) is 18.2. The average molecular weight is 339 g/mol. The van der Waals surface area contributed by atoms with Crippen LogP contribution in [0.3, 0.4) is 0 Å². The Morgan fingerprint density at radius 2 is 1.72 bits per heavy atom. The monoisotopic (exact) mass is 339 g/mol. The van der Waals surface area contributed by atoms with Crippen molar-refractivity contribution in [2.45, 2.75) is 13.3 Å². The van der Waals surface area contributed by atoms with E-state index in [9.17, 15) is 9.59 Å². The van der Waals surface area contributed by atoms with Gasteiger partial charge >= 0.3 is 0 Å². The van der Waals surface area contributed by atoms with Gasteiger partial charge in [-0.2, -0.15) is 5.10 Å². The van der Waals surface area contributed by atoms with E-state index in [-0.39, 0.29) is 18.4 Å². The first-order chi connectivity index (χ1) is 12.1. The molecule has 0 bridgehead atoms. The van der Waals surface area contributed by atoms with Crippen LogP contribution in [0.15, 0.2) is 59.7 Å². The van der Waals surface area contributed by atoms with Gasteiger partial charge in [-0.3, -0.25) is 9.59 Å². The fourth-order valence-electron chi connectivity index (χ4n) is 2.13. The lowest BCUT2D eigenvalue weighted by atomic mass is 10.1. The molecular weight excluding hydrogens is 318 g/mol. The second-order valence-electron chi connectivity index (χ2n) is 5.46. The van der Waals surface area contributed by atoms with E-state index in [0.717, 1.165) is 11.3 Å². The first-order valence-electron chi connectivity index (χ1n) is 7.86. The highest BCUT2D eigenvalue weighted by Gasteiger charge is 2.08. The van der Waals surface area contributed by atoms with Gasteiger partial charge in [-0.1, -0.05) is 30.3 Å². The standard InChI is InChI=1S/C19H21N3O3/c1-14(12-15-6-4-3-5-7-15)21-22-18(23)13-20-19(24)16-8-10-17(25-2)11-9-16/h3-11H,12-13H2,1-2H3,(H,20,24)(H,22,23). The number of nitrogens with one attached hydrogen (secondary N) is 2. The van der Waals surface area contributed by atoms with Crippen LogP contribution in [0.25, 0.3) is 0 Å². The van der Waals surface area contributed by atoms with Crippen molar-refractivity contribution in [1.82, 2.24) is 10.7 Å². The number of hydrogen-bond acceptors (Lipinski definition) is 4. The van der Waals surface area contributed by atoms with E-state index in [4.69, 9.17) is 4.74 Å². The molecule has 0 heterocycles. The van der Waals surface area contributed by atoms with Crippen LogP contribution in [-0.2, 0) is 11.2 Å². The number of nitrogens with zero attached hydrogens (tertiary/aromatic N) is 1. The molecule has 0 saturated carbocycles. The van der Waals surface area contributed by atoms with Crippen molar-refractivity contribution in [2.75, 3.05) is 13.7 Å². The summed E-state index contributed by atoms with van der Waals surface area (Å²) in [6.07, 6.45) is 0.652. The lowest BCUT2D eigenvalue weighted by molar-refractivity contribution is -0.120. The highest BCUT2D eigenvalue weighted by molar-refractivity contribution is 5.96. The van der Waals surface area contributed by atoms with Crippen LogP contribution < -0.4 is 15.5 Å². The first-order valence-corrected chi connectivity index (χ1v) is 7.86. The number of carbonyl (C=O) groups excluding carboxylic acids is 2. The zero-order valence-electron chi connectivity index (χ0n) is 14.3. The van der Waals surface area contributed by atoms with Crippen molar-refractivity contribution in [1.29, 1.82) is 0 Å². The minimum Gasteiger partial charge on any atom is -0.497 e. The molecule has 0 aliphatic carbocycles. The normalized spacial score (nSPS) is 10.9. The zero-order chi connectivity index (χ0) is 18.1. The Balaban J connectivity index is 1.77. The minimum absolute atomic E-state index is 0.146. The van der Waals surface area contributed by atoms with E-state index in [2.05, 4.69) is 15.8 Å². The smallest absolute Gasteiger partial charge is 0.259 e. The van der Waals surface area contributed by atoms with Crippen LogP contribution in [0, 0.1) is 0 Å². The van der Waals surface area contributed by atoms with Crippen LogP contribution in [0.5, 0.6) is 5.75 Å². The van der Waals surface area contributed by atoms with Crippen molar-refractivity contribution in [3.63, 3.8) is 0 Å². The molecule has 25 heavy (non-hydrogen) atoms. The Hall–Kier alpha value is -3.15. The van der Waals surface area contributed by atoms with E-state index < -0.39 is 0 Å². The molecule has 0 spiro atoms. The molecule has 0 aliphatic rings. The van der Waals surface area contributed by atoms with Crippen molar-refractivity contribution >= 4 is 17.5 Å². The van der Waals surface area contributed by atoms with Gasteiger partial charge < -0.3 is 10.1 Å². The Kier molecular flexibility index (Phi) is 6.71. The fraction of sp³-hybridized carbons (Fsp3) is 0.211. The summed E-state index contributed by atoms with van der Waals surface area (Å²) in [7, 11) is 1.56. The van der Waals surface area contributed by atoms with Crippen LogP contribution in [-0.4, -0.2) is 31.2 Å². The number of amides is 2. The number of ether oxygens (including phenoxy) is 1. The molecule has 0 aromatic heterocycles. The van der Waals surface area contributed by atoms with E-state index in [0.29, 0.717) is 17.7 Å². The molecule has 6 nitrogen and oxygen atoms in total. The van der Waals surface area contributed by atoms with Crippen molar-refractivity contribution in [2.24, 2.45) is 5.10 Å². The minimum atomic E-state index is -0.380. The predicted octanol–water partition coefficient (Wildman–Crippen LogP) is 2.16. The summed E-state index contributed by atoms with van der Waals surface area (Å²) in [4.78, 5) is 23.7. The zero-order valence-corrected chi connectivity index (χ0v) is 14.3. The molecule has 2 rings (SSSR count). The number of hydrogen-bond donors (Lipinski definition) is 2. The summed E-state index contributed by atoms with van der Waals surface area (Å²) in [6.45, 7) is 1.69.